The first-order valence-electron chi connectivity index (χ1n) is 8.70. The van der Waals surface area contributed by atoms with Crippen molar-refractivity contribution in [2.24, 2.45) is 13.0 Å². The zero-order chi connectivity index (χ0) is 17.3. The minimum Gasteiger partial charge on any atom is -0.478 e. The normalized spacial score (nSPS) is 18.4. The molecule has 1 aromatic heterocycles. The van der Waals surface area contributed by atoms with E-state index < -0.39 is 5.97 Å². The van der Waals surface area contributed by atoms with Crippen molar-refractivity contribution in [2.45, 2.75) is 20.3 Å². The van der Waals surface area contributed by atoms with Gasteiger partial charge in [-0.3, -0.25) is 0 Å². The van der Waals surface area contributed by atoms with Crippen LogP contribution in [-0.2, 0) is 7.05 Å². The van der Waals surface area contributed by atoms with Crippen molar-refractivity contribution in [1.29, 1.82) is 0 Å². The number of aromatic carboxylic acids is 1. The number of carboxylic acid groups (broad SMARTS) is 1. The molecule has 2 heterocycles. The van der Waals surface area contributed by atoms with E-state index in [1.165, 1.54) is 13.0 Å². The second-order valence-electron chi connectivity index (χ2n) is 6.57. The lowest BCUT2D eigenvalue weighted by Gasteiger charge is -2.25. The Balaban J connectivity index is 1.86. The lowest BCUT2D eigenvalue weighted by atomic mass is 10.1. The average Bonchev–Trinajstić information content (AvgIpc) is 3.16. The number of nitrogens with zero attached hydrogens (tertiary/aromatic N) is 4. The minimum atomic E-state index is -0.915. The maximum absolute atomic E-state index is 11.2. The van der Waals surface area contributed by atoms with Crippen LogP contribution in [0, 0.1) is 5.92 Å². The molecule has 1 atom stereocenters. The molecule has 1 aliphatic heterocycles. The summed E-state index contributed by atoms with van der Waals surface area (Å²) in [6.45, 7) is 9.71. The van der Waals surface area contributed by atoms with Gasteiger partial charge in [0.1, 0.15) is 0 Å². The van der Waals surface area contributed by atoms with Crippen molar-refractivity contribution in [3.8, 4) is 0 Å². The first kappa shape index (κ1) is 16.8. The fourth-order valence-corrected chi connectivity index (χ4v) is 3.62. The molecule has 2 aromatic rings. The Morgan fingerprint density at radius 1 is 1.42 bits per heavy atom. The van der Waals surface area contributed by atoms with Gasteiger partial charge in [0.05, 0.1) is 16.6 Å². The first-order valence-corrected chi connectivity index (χ1v) is 8.70. The van der Waals surface area contributed by atoms with E-state index in [0.29, 0.717) is 5.92 Å². The second kappa shape index (κ2) is 6.81. The van der Waals surface area contributed by atoms with Crippen LogP contribution < -0.4 is 4.90 Å². The number of anilines is 1. The summed E-state index contributed by atoms with van der Waals surface area (Å²) in [6.07, 6.45) is 1.23. The molecule has 6 nitrogen and oxygen atoms in total. The maximum atomic E-state index is 11.2. The molecule has 1 unspecified atom stereocenters. The van der Waals surface area contributed by atoms with Crippen LogP contribution in [-0.4, -0.2) is 58.3 Å². The molecule has 1 fully saturated rings. The number of benzene rings is 1. The van der Waals surface area contributed by atoms with E-state index >= 15 is 0 Å². The third-order valence-electron chi connectivity index (χ3n) is 5.06. The summed E-state index contributed by atoms with van der Waals surface area (Å²) in [5, 5.41) is 9.16. The number of aromatic nitrogens is 2. The largest absolute Gasteiger partial charge is 0.478 e. The molecule has 1 aliphatic rings. The van der Waals surface area contributed by atoms with Gasteiger partial charge >= 0.3 is 5.97 Å². The number of carboxylic acids is 1. The topological polar surface area (TPSA) is 61.6 Å². The number of imidazole rings is 1. The summed E-state index contributed by atoms with van der Waals surface area (Å²) < 4.78 is 2.07. The highest BCUT2D eigenvalue weighted by Gasteiger charge is 2.25. The number of likely N-dealkylation sites (tertiary alicyclic amines) is 1. The molecule has 0 saturated carbocycles. The number of hydrogen-bond donors (Lipinski definition) is 1. The summed E-state index contributed by atoms with van der Waals surface area (Å²) in [5.41, 5.74) is 1.99. The zero-order valence-corrected chi connectivity index (χ0v) is 14.7. The fourth-order valence-electron chi connectivity index (χ4n) is 3.62. The van der Waals surface area contributed by atoms with E-state index in [4.69, 9.17) is 10.1 Å². The Morgan fingerprint density at radius 2 is 2.21 bits per heavy atom. The quantitative estimate of drug-likeness (QED) is 0.881. The maximum Gasteiger partial charge on any atom is 0.335 e. The van der Waals surface area contributed by atoms with Gasteiger partial charge in [0.15, 0.2) is 0 Å². The molecule has 0 spiro atoms. The second-order valence-corrected chi connectivity index (χ2v) is 6.57. The molecule has 0 bridgehead atoms. The van der Waals surface area contributed by atoms with E-state index in [2.05, 4.69) is 28.2 Å². The van der Waals surface area contributed by atoms with Gasteiger partial charge in [-0.1, -0.05) is 6.92 Å². The summed E-state index contributed by atoms with van der Waals surface area (Å²) in [7, 11) is 2.00. The predicted octanol–water partition coefficient (Wildman–Crippen LogP) is 2.44. The summed E-state index contributed by atoms with van der Waals surface area (Å²) in [5.74, 6) is 0.673. The highest BCUT2D eigenvalue weighted by atomic mass is 16.4. The van der Waals surface area contributed by atoms with E-state index in [9.17, 15) is 4.79 Å². The lowest BCUT2D eigenvalue weighted by molar-refractivity contribution is 0.0697. The zero-order valence-electron chi connectivity index (χ0n) is 14.7. The van der Waals surface area contributed by atoms with Gasteiger partial charge in [0, 0.05) is 26.7 Å². The van der Waals surface area contributed by atoms with Crippen LogP contribution in [0.4, 0.5) is 5.95 Å². The van der Waals surface area contributed by atoms with Crippen LogP contribution in [0.25, 0.3) is 11.0 Å². The van der Waals surface area contributed by atoms with E-state index in [-0.39, 0.29) is 5.56 Å². The molecule has 1 N–H and O–H groups in total. The molecule has 1 aromatic carbocycles. The molecule has 0 amide bonds. The van der Waals surface area contributed by atoms with Gasteiger partial charge in [-0.15, -0.1) is 0 Å². The summed E-state index contributed by atoms with van der Waals surface area (Å²) in [6, 6.07) is 5.14. The molecular weight excluding hydrogens is 304 g/mol. The average molecular weight is 330 g/mol. The number of aryl methyl sites for hydroxylation is 1. The standard InChI is InChI=1S/C18H26N4O2/c1-4-21-9-8-13(11-21)12-22(5-2)18-19-15-10-14(17(23)24)6-7-16(15)20(18)3/h6-7,10,13H,4-5,8-9,11-12H2,1-3H3,(H,23,24). The Kier molecular flexibility index (Phi) is 4.76. The Bertz CT molecular complexity index is 740. The van der Waals surface area contributed by atoms with Crippen LogP contribution >= 0.6 is 0 Å². The summed E-state index contributed by atoms with van der Waals surface area (Å²) >= 11 is 0. The van der Waals surface area contributed by atoms with E-state index in [1.54, 1.807) is 12.1 Å². The molecule has 0 aliphatic carbocycles. The Morgan fingerprint density at radius 3 is 2.83 bits per heavy atom. The highest BCUT2D eigenvalue weighted by Crippen LogP contribution is 2.25. The van der Waals surface area contributed by atoms with Crippen LogP contribution in [0.15, 0.2) is 18.2 Å². The molecule has 3 rings (SSSR count). The monoisotopic (exact) mass is 330 g/mol. The number of fused-ring (bicyclic) bond motifs is 1. The van der Waals surface area contributed by atoms with Gasteiger partial charge in [-0.25, -0.2) is 9.78 Å². The van der Waals surface area contributed by atoms with Crippen molar-refractivity contribution in [3.63, 3.8) is 0 Å². The van der Waals surface area contributed by atoms with E-state index in [1.807, 2.05) is 13.1 Å². The van der Waals surface area contributed by atoms with Gasteiger partial charge in [-0.2, -0.15) is 0 Å². The summed E-state index contributed by atoms with van der Waals surface area (Å²) in [4.78, 5) is 20.7. The van der Waals surface area contributed by atoms with E-state index in [0.717, 1.165) is 43.2 Å². The van der Waals surface area contributed by atoms with Gasteiger partial charge in [0.2, 0.25) is 5.95 Å². The molecule has 6 heteroatoms. The SMILES string of the molecule is CCN1CCC(CN(CC)c2nc3cc(C(=O)O)ccc3n2C)C1. The number of carbonyl (C=O) groups is 1. The van der Waals surface area contributed by atoms with Crippen LogP contribution in [0.1, 0.15) is 30.6 Å². The van der Waals surface area contributed by atoms with Crippen molar-refractivity contribution >= 4 is 23.0 Å². The third-order valence-corrected chi connectivity index (χ3v) is 5.06. The van der Waals surface area contributed by atoms with Crippen molar-refractivity contribution in [1.82, 2.24) is 14.5 Å². The molecule has 130 valence electrons. The van der Waals surface area contributed by atoms with Gasteiger partial charge < -0.3 is 19.5 Å². The highest BCUT2D eigenvalue weighted by molar-refractivity contribution is 5.93. The minimum absolute atomic E-state index is 0.282. The van der Waals surface area contributed by atoms with Crippen molar-refractivity contribution in [3.05, 3.63) is 23.8 Å². The van der Waals surface area contributed by atoms with Gasteiger partial charge in [0.25, 0.3) is 0 Å². The Labute approximate surface area is 142 Å². The van der Waals surface area contributed by atoms with Crippen LogP contribution in [0.3, 0.4) is 0 Å². The third kappa shape index (κ3) is 3.11. The smallest absolute Gasteiger partial charge is 0.335 e. The first-order chi connectivity index (χ1) is 11.5. The van der Waals surface area contributed by atoms with Gasteiger partial charge in [-0.05, 0) is 50.6 Å². The molecule has 0 radical (unpaired) electrons. The molecule has 24 heavy (non-hydrogen) atoms. The predicted molar refractivity (Wildman–Crippen MR) is 95.8 cm³/mol. The molecular formula is C18H26N4O2. The number of hydrogen-bond acceptors (Lipinski definition) is 4. The van der Waals surface area contributed by atoms with Crippen molar-refractivity contribution in [2.75, 3.05) is 37.6 Å². The van der Waals surface area contributed by atoms with Crippen molar-refractivity contribution < 1.29 is 9.90 Å². The fraction of sp³-hybridized carbons (Fsp3) is 0.556. The van der Waals surface area contributed by atoms with Crippen LogP contribution in [0.5, 0.6) is 0 Å². The lowest BCUT2D eigenvalue weighted by Crippen LogP contribution is -2.32. The molecule has 1 saturated heterocycles. The van der Waals surface area contributed by atoms with Crippen LogP contribution in [0.2, 0.25) is 0 Å². The number of rotatable bonds is 6. The Hall–Kier alpha value is -2.08.